The maximum absolute atomic E-state index is 13.0. The van der Waals surface area contributed by atoms with Gasteiger partial charge in [-0.25, -0.2) is 0 Å². The van der Waals surface area contributed by atoms with Crippen LogP contribution in [0.1, 0.15) is 22.3 Å². The Balaban J connectivity index is 1.86. The summed E-state index contributed by atoms with van der Waals surface area (Å²) in [6, 6.07) is 25.4. The lowest BCUT2D eigenvalue weighted by molar-refractivity contribution is -0.115. The first-order valence-electron chi connectivity index (χ1n) is 8.91. The van der Waals surface area contributed by atoms with Crippen molar-refractivity contribution in [3.63, 3.8) is 0 Å². The molecule has 27 heavy (non-hydrogen) atoms. The smallest absolute Gasteiger partial charge is 0.252 e. The third-order valence-electron chi connectivity index (χ3n) is 4.46. The molecule has 0 radical (unpaired) electrons. The van der Waals surface area contributed by atoms with Crippen LogP contribution in [0.5, 0.6) is 5.75 Å². The van der Waals surface area contributed by atoms with Crippen molar-refractivity contribution < 1.29 is 9.53 Å². The molecule has 3 aromatic carbocycles. The van der Waals surface area contributed by atoms with Crippen LogP contribution >= 0.6 is 0 Å². The molecule has 0 aliphatic heterocycles. The number of aryl methyl sites for hydroxylation is 1. The van der Waals surface area contributed by atoms with Crippen molar-refractivity contribution in [1.82, 2.24) is 5.32 Å². The van der Waals surface area contributed by atoms with E-state index in [-0.39, 0.29) is 5.91 Å². The zero-order valence-electron chi connectivity index (χ0n) is 15.6. The molecular weight excluding hydrogens is 334 g/mol. The summed E-state index contributed by atoms with van der Waals surface area (Å²) in [7, 11) is 1.64. The van der Waals surface area contributed by atoms with Crippen molar-refractivity contribution in [3.05, 3.63) is 101 Å². The summed E-state index contributed by atoms with van der Waals surface area (Å²) in [5.41, 5.74) is 4.74. The van der Waals surface area contributed by atoms with E-state index in [0.29, 0.717) is 12.1 Å². The van der Waals surface area contributed by atoms with E-state index < -0.39 is 0 Å². The first-order chi connectivity index (χ1) is 13.2. The Bertz CT molecular complexity index is 928. The summed E-state index contributed by atoms with van der Waals surface area (Å²) >= 11 is 0. The molecule has 0 spiro atoms. The van der Waals surface area contributed by atoms with Crippen molar-refractivity contribution in [2.45, 2.75) is 13.5 Å². The number of hydrogen-bond acceptors (Lipinski definition) is 2. The molecule has 0 aliphatic carbocycles. The number of carbonyl (C=O) groups excluding carboxylic acids is 1. The average Bonchev–Trinajstić information content (AvgIpc) is 2.72. The lowest BCUT2D eigenvalue weighted by atomic mass is 10.0. The number of nitrogens with one attached hydrogen (secondary N) is 1. The fourth-order valence-electron chi connectivity index (χ4n) is 2.84. The van der Waals surface area contributed by atoms with Crippen molar-refractivity contribution in [1.29, 1.82) is 0 Å². The zero-order chi connectivity index (χ0) is 19.1. The minimum Gasteiger partial charge on any atom is -0.497 e. The second kappa shape index (κ2) is 8.86. The maximum atomic E-state index is 13.0. The third kappa shape index (κ3) is 4.85. The molecule has 3 nitrogen and oxygen atoms in total. The number of benzene rings is 3. The number of hydrogen-bond donors (Lipinski definition) is 1. The monoisotopic (exact) mass is 357 g/mol. The Morgan fingerprint density at radius 1 is 0.926 bits per heavy atom. The van der Waals surface area contributed by atoms with Crippen LogP contribution in [0.25, 0.3) is 11.6 Å². The van der Waals surface area contributed by atoms with Crippen LogP contribution in [0.4, 0.5) is 0 Å². The standard InChI is InChI=1S/C24H23NO2/c1-18-8-6-7-11-21(18)17-25-24(26)23(20-9-4-3-5-10-20)16-19-12-14-22(27-2)15-13-19/h3-16H,17H2,1-2H3,(H,25,26)/b23-16+. The molecule has 0 saturated heterocycles. The molecule has 0 fully saturated rings. The van der Waals surface area contributed by atoms with Gasteiger partial charge in [0.1, 0.15) is 5.75 Å². The van der Waals surface area contributed by atoms with Crippen LogP contribution in [-0.4, -0.2) is 13.0 Å². The largest absolute Gasteiger partial charge is 0.497 e. The fraction of sp³-hybridized carbons (Fsp3) is 0.125. The van der Waals surface area contributed by atoms with E-state index in [1.165, 1.54) is 0 Å². The molecule has 1 amide bonds. The van der Waals surface area contributed by atoms with E-state index >= 15 is 0 Å². The lowest BCUT2D eigenvalue weighted by Gasteiger charge is -2.11. The first kappa shape index (κ1) is 18.5. The molecule has 0 saturated carbocycles. The number of amides is 1. The zero-order valence-corrected chi connectivity index (χ0v) is 15.6. The van der Waals surface area contributed by atoms with E-state index in [1.54, 1.807) is 7.11 Å². The van der Waals surface area contributed by atoms with Crippen LogP contribution in [0.3, 0.4) is 0 Å². The summed E-state index contributed by atoms with van der Waals surface area (Å²) in [6.45, 7) is 2.55. The summed E-state index contributed by atoms with van der Waals surface area (Å²) in [5.74, 6) is 0.692. The molecule has 0 aromatic heterocycles. The highest BCUT2D eigenvalue weighted by Crippen LogP contribution is 2.21. The predicted octanol–water partition coefficient (Wildman–Crippen LogP) is 4.86. The van der Waals surface area contributed by atoms with Crippen LogP contribution in [-0.2, 0) is 11.3 Å². The van der Waals surface area contributed by atoms with Gasteiger partial charge in [0.25, 0.3) is 5.91 Å². The van der Waals surface area contributed by atoms with Gasteiger partial charge in [-0.2, -0.15) is 0 Å². The second-order valence-electron chi connectivity index (χ2n) is 6.31. The fourth-order valence-corrected chi connectivity index (χ4v) is 2.84. The van der Waals surface area contributed by atoms with Gasteiger partial charge in [-0.1, -0.05) is 66.7 Å². The molecule has 3 heteroatoms. The molecule has 3 aromatic rings. The molecule has 1 N–H and O–H groups in total. The molecule has 0 bridgehead atoms. The Hall–Kier alpha value is -3.33. The lowest BCUT2D eigenvalue weighted by Crippen LogP contribution is -2.24. The van der Waals surface area contributed by atoms with Gasteiger partial charge in [-0.05, 0) is 47.4 Å². The number of methoxy groups -OCH3 is 1. The average molecular weight is 357 g/mol. The third-order valence-corrected chi connectivity index (χ3v) is 4.46. The van der Waals surface area contributed by atoms with Crippen molar-refractivity contribution in [2.75, 3.05) is 7.11 Å². The second-order valence-corrected chi connectivity index (χ2v) is 6.31. The van der Waals surface area contributed by atoms with Crippen molar-refractivity contribution in [2.24, 2.45) is 0 Å². The Kier molecular flexibility index (Phi) is 6.06. The van der Waals surface area contributed by atoms with E-state index in [4.69, 9.17) is 4.74 Å². The van der Waals surface area contributed by atoms with Gasteiger partial charge in [-0.3, -0.25) is 4.79 Å². The minimum atomic E-state index is -0.0970. The van der Waals surface area contributed by atoms with Gasteiger partial charge in [0.2, 0.25) is 0 Å². The number of ether oxygens (including phenoxy) is 1. The van der Waals surface area contributed by atoms with Gasteiger partial charge < -0.3 is 10.1 Å². The van der Waals surface area contributed by atoms with Crippen LogP contribution in [0.2, 0.25) is 0 Å². The highest BCUT2D eigenvalue weighted by atomic mass is 16.5. The van der Waals surface area contributed by atoms with Crippen LogP contribution in [0.15, 0.2) is 78.9 Å². The topological polar surface area (TPSA) is 38.3 Å². The van der Waals surface area contributed by atoms with Gasteiger partial charge in [0.15, 0.2) is 0 Å². The minimum absolute atomic E-state index is 0.0970. The summed E-state index contributed by atoms with van der Waals surface area (Å²) in [6.07, 6.45) is 1.90. The van der Waals surface area contributed by atoms with Gasteiger partial charge >= 0.3 is 0 Å². The number of carbonyl (C=O) groups is 1. The van der Waals surface area contributed by atoms with Crippen molar-refractivity contribution >= 4 is 17.6 Å². The molecule has 3 rings (SSSR count). The highest BCUT2D eigenvalue weighted by molar-refractivity contribution is 6.24. The maximum Gasteiger partial charge on any atom is 0.252 e. The van der Waals surface area contributed by atoms with E-state index in [1.807, 2.05) is 91.9 Å². The van der Waals surface area contributed by atoms with Crippen LogP contribution < -0.4 is 10.1 Å². The Labute approximate surface area is 160 Å². The summed E-state index contributed by atoms with van der Waals surface area (Å²) in [4.78, 5) is 13.0. The normalized spacial score (nSPS) is 11.1. The summed E-state index contributed by atoms with van der Waals surface area (Å²) < 4.78 is 5.21. The summed E-state index contributed by atoms with van der Waals surface area (Å²) in [5, 5.41) is 3.05. The SMILES string of the molecule is COc1ccc(/C=C(/C(=O)NCc2ccccc2C)c2ccccc2)cc1. The van der Waals surface area contributed by atoms with E-state index in [9.17, 15) is 4.79 Å². The van der Waals surface area contributed by atoms with Crippen molar-refractivity contribution in [3.8, 4) is 5.75 Å². The Morgan fingerprint density at radius 3 is 2.26 bits per heavy atom. The quantitative estimate of drug-likeness (QED) is 0.505. The van der Waals surface area contributed by atoms with Gasteiger partial charge in [0, 0.05) is 12.1 Å². The van der Waals surface area contributed by atoms with Gasteiger partial charge in [0.05, 0.1) is 7.11 Å². The van der Waals surface area contributed by atoms with Crippen LogP contribution in [0, 0.1) is 6.92 Å². The number of rotatable bonds is 6. The molecular formula is C24H23NO2. The Morgan fingerprint density at radius 2 is 1.59 bits per heavy atom. The van der Waals surface area contributed by atoms with E-state index in [0.717, 1.165) is 28.0 Å². The highest BCUT2D eigenvalue weighted by Gasteiger charge is 2.12. The molecule has 136 valence electrons. The first-order valence-corrected chi connectivity index (χ1v) is 8.91. The molecule has 0 unspecified atom stereocenters. The molecule has 0 heterocycles. The molecule has 0 atom stereocenters. The van der Waals surface area contributed by atoms with Gasteiger partial charge in [-0.15, -0.1) is 0 Å². The predicted molar refractivity (Wildman–Crippen MR) is 110 cm³/mol. The molecule has 0 aliphatic rings. The van der Waals surface area contributed by atoms with E-state index in [2.05, 4.69) is 5.32 Å².